The SMILES string of the molecule is O=C(C1CN(C2c3ccc(Cl)cc3CCc3cc(Br)cnc32)CCN1C(=O)O)N1CCC(CCCn2ccnc2)CC1. The third kappa shape index (κ3) is 6.21. The number of aryl methyl sites for hydroxylation is 3. The first kappa shape index (κ1) is 29.1. The molecular weight excluding hydrogens is 620 g/mol. The fourth-order valence-corrected chi connectivity index (χ4v) is 7.47. The maximum absolute atomic E-state index is 14.0. The van der Waals surface area contributed by atoms with Crippen molar-refractivity contribution >= 4 is 39.5 Å². The fourth-order valence-electron chi connectivity index (χ4n) is 6.90. The fraction of sp³-hybridized carbons (Fsp3) is 0.484. The van der Waals surface area contributed by atoms with Gasteiger partial charge in [0.2, 0.25) is 5.91 Å². The number of rotatable bonds is 6. The summed E-state index contributed by atoms with van der Waals surface area (Å²) in [7, 11) is 0. The molecule has 4 heterocycles. The molecule has 6 rings (SSSR count). The molecule has 0 saturated carbocycles. The number of piperidine rings is 1. The smallest absolute Gasteiger partial charge is 0.408 e. The lowest BCUT2D eigenvalue weighted by Gasteiger charge is -2.45. The number of hydrogen-bond acceptors (Lipinski definition) is 5. The zero-order valence-electron chi connectivity index (χ0n) is 23.5. The summed E-state index contributed by atoms with van der Waals surface area (Å²) in [5, 5.41) is 10.8. The largest absolute Gasteiger partial charge is 0.465 e. The normalized spacial score (nSPS) is 21.5. The molecule has 1 aromatic carbocycles. The number of imidazole rings is 1. The lowest BCUT2D eigenvalue weighted by atomic mass is 9.91. The minimum Gasteiger partial charge on any atom is -0.465 e. The van der Waals surface area contributed by atoms with Crippen molar-refractivity contribution in [1.82, 2.24) is 29.2 Å². The van der Waals surface area contributed by atoms with Gasteiger partial charge in [-0.3, -0.25) is 19.6 Å². The Morgan fingerprint density at radius 3 is 2.64 bits per heavy atom. The molecule has 3 aromatic rings. The van der Waals surface area contributed by atoms with Crippen LogP contribution in [0.4, 0.5) is 4.79 Å². The molecule has 1 aliphatic carbocycles. The lowest BCUT2D eigenvalue weighted by Crippen LogP contribution is -2.62. The topological polar surface area (TPSA) is 94.8 Å². The molecule has 11 heteroatoms. The van der Waals surface area contributed by atoms with Crippen molar-refractivity contribution in [2.45, 2.75) is 57.2 Å². The minimum absolute atomic E-state index is 0.0899. The van der Waals surface area contributed by atoms with Crippen molar-refractivity contribution in [1.29, 1.82) is 0 Å². The highest BCUT2D eigenvalue weighted by molar-refractivity contribution is 9.10. The third-order valence-corrected chi connectivity index (χ3v) is 9.78. The average Bonchev–Trinajstić information content (AvgIpc) is 3.46. The molecule has 1 N–H and O–H groups in total. The summed E-state index contributed by atoms with van der Waals surface area (Å²) < 4.78 is 3.03. The number of pyridine rings is 1. The van der Waals surface area contributed by atoms with Crippen LogP contribution in [-0.4, -0.2) is 85.1 Å². The number of fused-ring (bicyclic) bond motifs is 2. The number of carboxylic acid groups (broad SMARTS) is 1. The Labute approximate surface area is 259 Å². The first-order chi connectivity index (χ1) is 20.4. The van der Waals surface area contributed by atoms with Crippen LogP contribution in [0.5, 0.6) is 0 Å². The Kier molecular flexibility index (Phi) is 8.83. The summed E-state index contributed by atoms with van der Waals surface area (Å²) in [6, 6.07) is 7.19. The number of amides is 2. The first-order valence-corrected chi connectivity index (χ1v) is 15.9. The third-order valence-electron chi connectivity index (χ3n) is 9.11. The molecule has 42 heavy (non-hydrogen) atoms. The monoisotopic (exact) mass is 654 g/mol. The molecule has 0 spiro atoms. The van der Waals surface area contributed by atoms with E-state index in [0.717, 1.165) is 66.4 Å². The predicted molar refractivity (Wildman–Crippen MR) is 163 cm³/mol. The molecule has 2 aromatic heterocycles. The zero-order chi connectivity index (χ0) is 29.2. The number of halogens is 2. The van der Waals surface area contributed by atoms with E-state index < -0.39 is 12.1 Å². The molecule has 2 aliphatic heterocycles. The van der Waals surface area contributed by atoms with Gasteiger partial charge in [0.25, 0.3) is 0 Å². The van der Waals surface area contributed by atoms with Crippen molar-refractivity contribution in [2.24, 2.45) is 5.92 Å². The molecule has 0 bridgehead atoms. The standard InChI is InChI=1S/C31H36BrClN6O3/c32-24-16-23-4-3-22-17-25(33)5-6-26(22)29(28(23)35-18-24)38-14-15-39(31(41)42)27(19-38)30(40)37-11-7-21(8-12-37)2-1-10-36-13-9-34-20-36/h5-6,9,13,16-18,20-21,27,29H,1-4,7-8,10-12,14-15,19H2,(H,41,42). The van der Waals surface area contributed by atoms with E-state index in [2.05, 4.69) is 42.5 Å². The summed E-state index contributed by atoms with van der Waals surface area (Å²) in [5.74, 6) is 0.486. The Hall–Kier alpha value is -2.95. The van der Waals surface area contributed by atoms with Gasteiger partial charge in [-0.25, -0.2) is 9.78 Å². The van der Waals surface area contributed by atoms with Gasteiger partial charge < -0.3 is 14.6 Å². The van der Waals surface area contributed by atoms with Crippen molar-refractivity contribution < 1.29 is 14.7 Å². The van der Waals surface area contributed by atoms with E-state index >= 15 is 0 Å². The van der Waals surface area contributed by atoms with Crippen LogP contribution in [0.15, 0.2) is 53.7 Å². The number of aromatic nitrogens is 3. The van der Waals surface area contributed by atoms with E-state index in [1.807, 2.05) is 35.8 Å². The van der Waals surface area contributed by atoms with Crippen molar-refractivity contribution in [2.75, 3.05) is 32.7 Å². The zero-order valence-corrected chi connectivity index (χ0v) is 25.9. The van der Waals surface area contributed by atoms with E-state index in [-0.39, 0.29) is 18.5 Å². The van der Waals surface area contributed by atoms with Crippen LogP contribution in [0, 0.1) is 5.92 Å². The lowest BCUT2D eigenvalue weighted by molar-refractivity contribution is -0.140. The van der Waals surface area contributed by atoms with Crippen molar-refractivity contribution in [3.05, 3.63) is 81.1 Å². The van der Waals surface area contributed by atoms with Crippen LogP contribution in [0.25, 0.3) is 0 Å². The van der Waals surface area contributed by atoms with Crippen LogP contribution in [-0.2, 0) is 24.2 Å². The van der Waals surface area contributed by atoms with Gasteiger partial charge >= 0.3 is 6.09 Å². The van der Waals surface area contributed by atoms with Crippen LogP contribution in [0.1, 0.15) is 54.1 Å². The van der Waals surface area contributed by atoms with Crippen molar-refractivity contribution in [3.8, 4) is 0 Å². The highest BCUT2D eigenvalue weighted by Gasteiger charge is 2.42. The molecule has 2 unspecified atom stereocenters. The van der Waals surface area contributed by atoms with Gasteiger partial charge in [0.15, 0.2) is 0 Å². The molecule has 9 nitrogen and oxygen atoms in total. The summed E-state index contributed by atoms with van der Waals surface area (Å²) >= 11 is 9.98. The van der Waals surface area contributed by atoms with Gasteiger partial charge in [-0.2, -0.15) is 0 Å². The van der Waals surface area contributed by atoms with E-state index in [1.165, 1.54) is 10.5 Å². The number of benzene rings is 1. The average molecular weight is 656 g/mol. The highest BCUT2D eigenvalue weighted by atomic mass is 79.9. The van der Waals surface area contributed by atoms with Crippen molar-refractivity contribution in [3.63, 3.8) is 0 Å². The van der Waals surface area contributed by atoms with Gasteiger partial charge in [-0.15, -0.1) is 0 Å². The van der Waals surface area contributed by atoms with E-state index in [1.54, 1.807) is 6.20 Å². The first-order valence-electron chi connectivity index (χ1n) is 14.8. The number of carbonyl (C=O) groups is 2. The highest BCUT2D eigenvalue weighted by Crippen LogP contribution is 2.39. The van der Waals surface area contributed by atoms with Gasteiger partial charge in [0.1, 0.15) is 6.04 Å². The molecule has 2 atom stereocenters. The Bertz CT molecular complexity index is 1370. The quantitative estimate of drug-likeness (QED) is 0.389. The van der Waals surface area contributed by atoms with Gasteiger partial charge in [-0.1, -0.05) is 17.7 Å². The molecular formula is C31H36BrClN6O3. The predicted octanol–water partition coefficient (Wildman–Crippen LogP) is 5.27. The number of hydrogen-bond donors (Lipinski definition) is 1. The number of likely N-dealkylation sites (tertiary alicyclic amines) is 1. The molecule has 2 saturated heterocycles. The number of carbonyl (C=O) groups excluding carboxylic acids is 1. The van der Waals surface area contributed by atoms with Gasteiger partial charge in [-0.05, 0) is 95.3 Å². The number of nitrogens with zero attached hydrogens (tertiary/aromatic N) is 6. The molecule has 222 valence electrons. The summed E-state index contributed by atoms with van der Waals surface area (Å²) in [6.45, 7) is 3.39. The second-order valence-corrected chi connectivity index (χ2v) is 13.0. The summed E-state index contributed by atoms with van der Waals surface area (Å²) in [6.07, 6.45) is 12.2. The maximum Gasteiger partial charge on any atom is 0.408 e. The van der Waals surface area contributed by atoms with E-state index in [0.29, 0.717) is 37.1 Å². The van der Waals surface area contributed by atoms with Gasteiger partial charge in [0.05, 0.1) is 18.1 Å². The summed E-state index contributed by atoms with van der Waals surface area (Å²) in [4.78, 5) is 40.7. The molecule has 3 aliphatic rings. The van der Waals surface area contributed by atoms with Crippen LogP contribution < -0.4 is 0 Å². The second kappa shape index (κ2) is 12.7. The van der Waals surface area contributed by atoms with Gasteiger partial charge in [0, 0.05) is 67.4 Å². The van der Waals surface area contributed by atoms with Crippen LogP contribution >= 0.6 is 27.5 Å². The number of piperazine rings is 1. The Balaban J connectivity index is 1.19. The Morgan fingerprint density at radius 2 is 1.88 bits per heavy atom. The maximum atomic E-state index is 14.0. The molecule has 0 radical (unpaired) electrons. The summed E-state index contributed by atoms with van der Waals surface area (Å²) in [5.41, 5.74) is 4.41. The van der Waals surface area contributed by atoms with E-state index in [4.69, 9.17) is 16.6 Å². The van der Waals surface area contributed by atoms with Crippen LogP contribution in [0.2, 0.25) is 5.02 Å². The molecule has 2 fully saturated rings. The minimum atomic E-state index is -1.04. The van der Waals surface area contributed by atoms with Crippen LogP contribution in [0.3, 0.4) is 0 Å². The van der Waals surface area contributed by atoms with E-state index in [9.17, 15) is 14.7 Å². The molecule has 2 amide bonds. The Morgan fingerprint density at radius 1 is 1.07 bits per heavy atom. The second-order valence-electron chi connectivity index (χ2n) is 11.6.